The zero-order valence-electron chi connectivity index (χ0n) is 17.3. The molecule has 1 aliphatic heterocycles. The number of hydrogen-bond acceptors (Lipinski definition) is 5. The molecule has 30 heavy (non-hydrogen) atoms. The minimum atomic E-state index is -3.57. The number of nitrogens with zero attached hydrogens (tertiary/aromatic N) is 4. The number of carbonyl (C=O) groups excluding carboxylic acids is 1. The summed E-state index contributed by atoms with van der Waals surface area (Å²) in [5.74, 6) is -0.368. The van der Waals surface area contributed by atoms with Gasteiger partial charge in [-0.3, -0.25) is 4.79 Å². The van der Waals surface area contributed by atoms with Crippen molar-refractivity contribution >= 4 is 27.3 Å². The third-order valence-corrected chi connectivity index (χ3v) is 7.24. The number of fused-ring (bicyclic) bond motifs is 1. The van der Waals surface area contributed by atoms with Gasteiger partial charge < -0.3 is 5.32 Å². The van der Waals surface area contributed by atoms with Crippen LogP contribution in [0.15, 0.2) is 35.2 Å². The van der Waals surface area contributed by atoms with Crippen molar-refractivity contribution in [3.63, 3.8) is 0 Å². The molecule has 0 unspecified atom stereocenters. The molecule has 0 spiro atoms. The summed E-state index contributed by atoms with van der Waals surface area (Å²) in [6, 6.07) is 8.29. The Labute approximate surface area is 176 Å². The number of nitrogens with one attached hydrogen (secondary N) is 1. The number of carbonyl (C=O) groups is 1. The molecular weight excluding hydrogens is 402 g/mol. The second kappa shape index (κ2) is 7.81. The molecule has 0 atom stereocenters. The molecule has 2 aromatic heterocycles. The zero-order chi connectivity index (χ0) is 21.5. The first-order valence-corrected chi connectivity index (χ1v) is 11.5. The van der Waals surface area contributed by atoms with E-state index in [1.807, 2.05) is 19.9 Å². The molecule has 1 aromatic carbocycles. The van der Waals surface area contributed by atoms with Crippen LogP contribution in [0.2, 0.25) is 0 Å². The van der Waals surface area contributed by atoms with Gasteiger partial charge in [0.2, 0.25) is 10.0 Å². The highest BCUT2D eigenvalue weighted by Gasteiger charge is 2.26. The highest BCUT2D eigenvalue weighted by Crippen LogP contribution is 2.24. The number of piperidine rings is 1. The Morgan fingerprint density at radius 1 is 1.07 bits per heavy atom. The van der Waals surface area contributed by atoms with Crippen molar-refractivity contribution in [1.82, 2.24) is 18.9 Å². The van der Waals surface area contributed by atoms with Crippen LogP contribution in [-0.2, 0) is 10.0 Å². The van der Waals surface area contributed by atoms with Gasteiger partial charge in [-0.05, 0) is 57.9 Å². The number of amides is 1. The van der Waals surface area contributed by atoms with Crippen molar-refractivity contribution in [3.05, 3.63) is 53.0 Å². The lowest BCUT2D eigenvalue weighted by molar-refractivity contribution is 0.102. The summed E-state index contributed by atoms with van der Waals surface area (Å²) < 4.78 is 29.1. The van der Waals surface area contributed by atoms with Crippen molar-refractivity contribution in [3.8, 4) is 0 Å². The van der Waals surface area contributed by atoms with E-state index in [9.17, 15) is 13.2 Å². The zero-order valence-corrected chi connectivity index (χ0v) is 18.2. The van der Waals surface area contributed by atoms with Gasteiger partial charge in [0, 0.05) is 30.2 Å². The molecule has 3 aromatic rings. The molecule has 1 N–H and O–H groups in total. The summed E-state index contributed by atoms with van der Waals surface area (Å²) >= 11 is 0. The largest absolute Gasteiger partial charge is 0.322 e. The topological polar surface area (TPSA) is 96.7 Å². The fourth-order valence-corrected chi connectivity index (χ4v) is 5.44. The number of sulfonamides is 1. The molecule has 0 saturated carbocycles. The van der Waals surface area contributed by atoms with Gasteiger partial charge in [0.1, 0.15) is 5.56 Å². The van der Waals surface area contributed by atoms with Gasteiger partial charge in [-0.2, -0.15) is 9.40 Å². The molecule has 1 saturated heterocycles. The van der Waals surface area contributed by atoms with Gasteiger partial charge in [0.05, 0.1) is 10.6 Å². The first-order chi connectivity index (χ1) is 14.3. The SMILES string of the molecule is Cc1cc(C)n2nc(C)c(C(=O)Nc3cccc(S(=O)(=O)N4CCCCC4)c3)c2n1. The number of benzene rings is 1. The molecule has 0 aliphatic carbocycles. The summed E-state index contributed by atoms with van der Waals surface area (Å²) in [7, 11) is -3.57. The van der Waals surface area contributed by atoms with E-state index in [1.165, 1.54) is 10.4 Å². The fraction of sp³-hybridized carbons (Fsp3) is 0.381. The van der Waals surface area contributed by atoms with Crippen molar-refractivity contribution in [2.45, 2.75) is 44.9 Å². The predicted molar refractivity (Wildman–Crippen MR) is 114 cm³/mol. The molecule has 1 fully saturated rings. The Bertz CT molecular complexity index is 1230. The van der Waals surface area contributed by atoms with Gasteiger partial charge in [0.15, 0.2) is 5.65 Å². The molecule has 0 radical (unpaired) electrons. The maximum atomic E-state index is 13.0. The highest BCUT2D eigenvalue weighted by atomic mass is 32.2. The molecule has 4 rings (SSSR count). The average molecular weight is 428 g/mol. The average Bonchev–Trinajstić information content (AvgIpc) is 3.05. The Balaban J connectivity index is 1.64. The lowest BCUT2D eigenvalue weighted by atomic mass is 10.2. The predicted octanol–water partition coefficient (Wildman–Crippen LogP) is 3.08. The molecular formula is C21H25N5O3S. The third kappa shape index (κ3) is 3.70. The molecule has 8 nitrogen and oxygen atoms in total. The molecule has 9 heteroatoms. The van der Waals surface area contributed by atoms with Crippen LogP contribution in [0.1, 0.15) is 46.7 Å². The molecule has 1 amide bonds. The molecule has 3 heterocycles. The van der Waals surface area contributed by atoms with Crippen LogP contribution in [-0.4, -0.2) is 46.3 Å². The summed E-state index contributed by atoms with van der Waals surface area (Å²) in [6.45, 7) is 6.60. The lowest BCUT2D eigenvalue weighted by Gasteiger charge is -2.26. The van der Waals surface area contributed by atoms with Gasteiger partial charge in [-0.1, -0.05) is 12.5 Å². The second-order valence-corrected chi connectivity index (χ2v) is 9.62. The molecule has 158 valence electrons. The van der Waals surface area contributed by atoms with E-state index in [2.05, 4.69) is 15.4 Å². The van der Waals surface area contributed by atoms with E-state index in [0.29, 0.717) is 35.7 Å². The number of anilines is 1. The monoisotopic (exact) mass is 427 g/mol. The number of hydrogen-bond donors (Lipinski definition) is 1. The van der Waals surface area contributed by atoms with E-state index >= 15 is 0 Å². The quantitative estimate of drug-likeness (QED) is 0.690. The van der Waals surface area contributed by atoms with Crippen molar-refractivity contribution in [2.24, 2.45) is 0 Å². The van der Waals surface area contributed by atoms with Crippen LogP contribution in [0.25, 0.3) is 5.65 Å². The Kier molecular flexibility index (Phi) is 5.33. The van der Waals surface area contributed by atoms with Crippen LogP contribution in [0.3, 0.4) is 0 Å². The molecule has 1 aliphatic rings. The van der Waals surface area contributed by atoms with Crippen LogP contribution in [0.5, 0.6) is 0 Å². The minimum Gasteiger partial charge on any atom is -0.322 e. The summed E-state index contributed by atoms with van der Waals surface area (Å²) in [5.41, 5.74) is 3.52. The number of aryl methyl sites for hydroxylation is 3. The Morgan fingerprint density at radius 2 is 1.80 bits per heavy atom. The smallest absolute Gasteiger partial charge is 0.261 e. The van der Waals surface area contributed by atoms with Gasteiger partial charge in [-0.25, -0.2) is 17.9 Å². The van der Waals surface area contributed by atoms with E-state index in [0.717, 1.165) is 30.7 Å². The standard InChI is InChI=1S/C21H25N5O3S/c1-14-12-15(2)26-20(22-14)19(16(3)24-26)21(27)23-17-8-7-9-18(13-17)30(28,29)25-10-5-4-6-11-25/h7-9,12-13H,4-6,10-11H2,1-3H3,(H,23,27). The van der Waals surface area contributed by atoms with Crippen molar-refractivity contribution < 1.29 is 13.2 Å². The van der Waals surface area contributed by atoms with E-state index < -0.39 is 10.0 Å². The van der Waals surface area contributed by atoms with Crippen LogP contribution in [0, 0.1) is 20.8 Å². The summed E-state index contributed by atoms with van der Waals surface area (Å²) in [6.07, 6.45) is 2.79. The van der Waals surface area contributed by atoms with E-state index in [1.54, 1.807) is 29.6 Å². The van der Waals surface area contributed by atoms with Crippen molar-refractivity contribution in [2.75, 3.05) is 18.4 Å². The fourth-order valence-electron chi connectivity index (χ4n) is 3.88. The number of rotatable bonds is 4. The van der Waals surface area contributed by atoms with Crippen LogP contribution >= 0.6 is 0 Å². The first kappa shape index (κ1) is 20.5. The Hall–Kier alpha value is -2.78. The summed E-state index contributed by atoms with van der Waals surface area (Å²) in [4.78, 5) is 17.7. The van der Waals surface area contributed by atoms with Crippen LogP contribution in [0.4, 0.5) is 5.69 Å². The van der Waals surface area contributed by atoms with Gasteiger partial charge in [-0.15, -0.1) is 0 Å². The van der Waals surface area contributed by atoms with Crippen LogP contribution < -0.4 is 5.32 Å². The Morgan fingerprint density at radius 3 is 2.53 bits per heavy atom. The normalized spacial score (nSPS) is 15.4. The molecule has 0 bridgehead atoms. The lowest BCUT2D eigenvalue weighted by Crippen LogP contribution is -2.35. The van der Waals surface area contributed by atoms with Crippen molar-refractivity contribution in [1.29, 1.82) is 0 Å². The maximum absolute atomic E-state index is 13.0. The van der Waals surface area contributed by atoms with E-state index in [-0.39, 0.29) is 10.8 Å². The highest BCUT2D eigenvalue weighted by molar-refractivity contribution is 7.89. The van der Waals surface area contributed by atoms with Gasteiger partial charge in [0.25, 0.3) is 5.91 Å². The van der Waals surface area contributed by atoms with Gasteiger partial charge >= 0.3 is 0 Å². The maximum Gasteiger partial charge on any atom is 0.261 e. The summed E-state index contributed by atoms with van der Waals surface area (Å²) in [5, 5.41) is 7.24. The second-order valence-electron chi connectivity index (χ2n) is 7.68. The van der Waals surface area contributed by atoms with E-state index in [4.69, 9.17) is 0 Å². The minimum absolute atomic E-state index is 0.184. The third-order valence-electron chi connectivity index (χ3n) is 5.34. The first-order valence-electron chi connectivity index (χ1n) is 10.0. The number of aromatic nitrogens is 3.